The molecule has 2 aromatic carbocycles. The molecule has 0 saturated carbocycles. The highest BCUT2D eigenvalue weighted by atomic mass is 35.5. The lowest BCUT2D eigenvalue weighted by Crippen LogP contribution is -2.13. The maximum Gasteiger partial charge on any atom is 0.263 e. The van der Waals surface area contributed by atoms with E-state index in [2.05, 4.69) is 15.5 Å². The highest BCUT2D eigenvalue weighted by Gasteiger charge is 2.22. The fourth-order valence-corrected chi connectivity index (χ4v) is 3.96. The van der Waals surface area contributed by atoms with Gasteiger partial charge < -0.3 is 4.52 Å². The van der Waals surface area contributed by atoms with Gasteiger partial charge in [-0.15, -0.1) is 11.3 Å². The maximum atomic E-state index is 12.9. The van der Waals surface area contributed by atoms with E-state index in [0.717, 1.165) is 11.1 Å². The van der Waals surface area contributed by atoms with Gasteiger partial charge in [0, 0.05) is 21.5 Å². The summed E-state index contributed by atoms with van der Waals surface area (Å²) in [5.74, 6) is 0.106. The third-order valence-electron chi connectivity index (χ3n) is 4.07. The molecule has 0 atom stereocenters. The molecule has 0 aliphatic rings. The topological polar surface area (TPSA) is 68.0 Å². The van der Waals surface area contributed by atoms with Crippen molar-refractivity contribution < 1.29 is 9.32 Å². The van der Waals surface area contributed by atoms with E-state index in [4.69, 9.17) is 27.7 Å². The molecule has 4 rings (SSSR count). The lowest BCUT2D eigenvalue weighted by Gasteiger charge is -2.03. The van der Waals surface area contributed by atoms with Crippen molar-refractivity contribution in [3.05, 3.63) is 75.3 Å². The van der Waals surface area contributed by atoms with Gasteiger partial charge in [-0.2, -0.15) is 0 Å². The Bertz CT molecular complexity index is 1160. The van der Waals surface area contributed by atoms with Gasteiger partial charge >= 0.3 is 0 Å². The summed E-state index contributed by atoms with van der Waals surface area (Å²) in [7, 11) is 0. The number of hydrogen-bond donors (Lipinski definition) is 1. The number of thiazole rings is 1. The fraction of sp³-hybridized carbons (Fsp3) is 0.0500. The van der Waals surface area contributed by atoms with Crippen LogP contribution in [0.3, 0.4) is 0 Å². The van der Waals surface area contributed by atoms with Gasteiger partial charge in [-0.25, -0.2) is 4.98 Å². The van der Waals surface area contributed by atoms with Gasteiger partial charge in [0.1, 0.15) is 17.0 Å². The minimum atomic E-state index is -0.333. The summed E-state index contributed by atoms with van der Waals surface area (Å²) in [6, 6.07) is 14.6. The van der Waals surface area contributed by atoms with E-state index < -0.39 is 0 Å². The van der Waals surface area contributed by atoms with E-state index >= 15 is 0 Å². The second-order valence-electron chi connectivity index (χ2n) is 5.94. The summed E-state index contributed by atoms with van der Waals surface area (Å²) >= 11 is 13.5. The van der Waals surface area contributed by atoms with E-state index in [-0.39, 0.29) is 5.91 Å². The van der Waals surface area contributed by atoms with Crippen molar-refractivity contribution in [2.24, 2.45) is 0 Å². The Morgan fingerprint density at radius 3 is 2.68 bits per heavy atom. The van der Waals surface area contributed by atoms with Crippen LogP contribution in [0.4, 0.5) is 5.13 Å². The Balaban J connectivity index is 1.61. The van der Waals surface area contributed by atoms with Gasteiger partial charge in [0.05, 0.1) is 10.7 Å². The van der Waals surface area contributed by atoms with Crippen molar-refractivity contribution in [3.8, 4) is 22.5 Å². The molecule has 4 aromatic rings. The first-order valence-electron chi connectivity index (χ1n) is 8.27. The summed E-state index contributed by atoms with van der Waals surface area (Å²) in [5, 5.41) is 10.2. The molecule has 2 heterocycles. The predicted molar refractivity (Wildman–Crippen MR) is 112 cm³/mol. The van der Waals surface area contributed by atoms with Crippen molar-refractivity contribution in [2.45, 2.75) is 6.92 Å². The number of aryl methyl sites for hydroxylation is 1. The number of carbonyl (C=O) groups is 1. The number of aromatic nitrogens is 2. The third-order valence-corrected chi connectivity index (χ3v) is 5.37. The van der Waals surface area contributed by atoms with Crippen LogP contribution in [0.15, 0.2) is 58.4 Å². The molecule has 28 heavy (non-hydrogen) atoms. The fourth-order valence-electron chi connectivity index (χ4n) is 2.74. The Hall–Kier alpha value is -2.67. The summed E-state index contributed by atoms with van der Waals surface area (Å²) in [5.41, 5.74) is 3.08. The van der Waals surface area contributed by atoms with Crippen LogP contribution >= 0.6 is 34.5 Å². The second kappa shape index (κ2) is 7.75. The third kappa shape index (κ3) is 3.67. The Labute approximate surface area is 174 Å². The van der Waals surface area contributed by atoms with Crippen molar-refractivity contribution in [1.82, 2.24) is 10.1 Å². The molecule has 1 amide bonds. The standard InChI is InChI=1S/C20H13Cl2N3O2S/c1-11-17(18(25-27-11)12-5-3-2-4-6-12)19(26)24-20-23-16(10-28-20)14-8-7-13(21)9-15(14)22/h2-10H,1H3,(H,23,24,26). The maximum absolute atomic E-state index is 12.9. The van der Waals surface area contributed by atoms with E-state index in [1.54, 1.807) is 25.1 Å². The molecule has 0 spiro atoms. The van der Waals surface area contributed by atoms with E-state index in [1.807, 2.05) is 35.7 Å². The van der Waals surface area contributed by atoms with Crippen LogP contribution < -0.4 is 5.32 Å². The first kappa shape index (κ1) is 18.7. The number of nitrogens with one attached hydrogen (secondary N) is 1. The van der Waals surface area contributed by atoms with Crippen LogP contribution in [0.2, 0.25) is 10.0 Å². The summed E-state index contributed by atoms with van der Waals surface area (Å²) < 4.78 is 5.25. The Morgan fingerprint density at radius 2 is 1.93 bits per heavy atom. The molecule has 5 nitrogen and oxygen atoms in total. The molecule has 2 aromatic heterocycles. The predicted octanol–water partition coefficient (Wildman–Crippen LogP) is 6.33. The number of amides is 1. The zero-order chi connectivity index (χ0) is 19.7. The number of carbonyl (C=O) groups excluding carboxylic acids is 1. The molecular weight excluding hydrogens is 417 g/mol. The molecule has 0 bridgehead atoms. The first-order chi connectivity index (χ1) is 13.5. The normalized spacial score (nSPS) is 10.8. The largest absolute Gasteiger partial charge is 0.360 e. The Kier molecular flexibility index (Phi) is 5.17. The van der Waals surface area contributed by atoms with Crippen LogP contribution in [0.25, 0.3) is 22.5 Å². The van der Waals surface area contributed by atoms with Gasteiger partial charge in [0.25, 0.3) is 5.91 Å². The van der Waals surface area contributed by atoms with Gasteiger partial charge in [0.15, 0.2) is 5.13 Å². The molecule has 0 aliphatic carbocycles. The van der Waals surface area contributed by atoms with Gasteiger partial charge in [0.2, 0.25) is 0 Å². The lowest BCUT2D eigenvalue weighted by molar-refractivity contribution is 0.102. The monoisotopic (exact) mass is 429 g/mol. The molecule has 0 fully saturated rings. The molecule has 8 heteroatoms. The van der Waals surface area contributed by atoms with Crippen LogP contribution in [-0.4, -0.2) is 16.0 Å². The average molecular weight is 430 g/mol. The number of hydrogen-bond acceptors (Lipinski definition) is 5. The molecule has 1 N–H and O–H groups in total. The van der Waals surface area contributed by atoms with Crippen LogP contribution in [0, 0.1) is 6.92 Å². The summed E-state index contributed by atoms with van der Waals surface area (Å²) in [6.45, 7) is 1.70. The summed E-state index contributed by atoms with van der Waals surface area (Å²) in [4.78, 5) is 17.3. The van der Waals surface area contributed by atoms with Gasteiger partial charge in [-0.05, 0) is 25.1 Å². The SMILES string of the molecule is Cc1onc(-c2ccccc2)c1C(=O)Nc1nc(-c2ccc(Cl)cc2Cl)cs1. The van der Waals surface area contributed by atoms with Crippen molar-refractivity contribution in [1.29, 1.82) is 0 Å². The number of rotatable bonds is 4. The van der Waals surface area contributed by atoms with Crippen molar-refractivity contribution in [3.63, 3.8) is 0 Å². The molecule has 0 aliphatic heterocycles. The highest BCUT2D eigenvalue weighted by Crippen LogP contribution is 2.33. The number of benzene rings is 2. The minimum Gasteiger partial charge on any atom is -0.360 e. The van der Waals surface area contributed by atoms with Crippen molar-refractivity contribution >= 4 is 45.6 Å². The quantitative estimate of drug-likeness (QED) is 0.411. The number of nitrogens with zero attached hydrogens (tertiary/aromatic N) is 2. The molecular formula is C20H13Cl2N3O2S. The van der Waals surface area contributed by atoms with E-state index in [1.165, 1.54) is 11.3 Å². The highest BCUT2D eigenvalue weighted by molar-refractivity contribution is 7.14. The first-order valence-corrected chi connectivity index (χ1v) is 9.90. The average Bonchev–Trinajstić information content (AvgIpc) is 3.29. The number of halogens is 2. The molecule has 0 radical (unpaired) electrons. The zero-order valence-electron chi connectivity index (χ0n) is 14.6. The van der Waals surface area contributed by atoms with Gasteiger partial charge in [-0.1, -0.05) is 58.7 Å². The minimum absolute atomic E-state index is 0.333. The van der Waals surface area contributed by atoms with Crippen LogP contribution in [0.5, 0.6) is 0 Å². The van der Waals surface area contributed by atoms with E-state index in [9.17, 15) is 4.79 Å². The smallest absolute Gasteiger partial charge is 0.263 e. The molecule has 140 valence electrons. The van der Waals surface area contributed by atoms with Crippen molar-refractivity contribution in [2.75, 3.05) is 5.32 Å². The number of anilines is 1. The Morgan fingerprint density at radius 1 is 1.14 bits per heavy atom. The van der Waals surface area contributed by atoms with Crippen LogP contribution in [-0.2, 0) is 0 Å². The van der Waals surface area contributed by atoms with E-state index in [0.29, 0.717) is 37.9 Å². The zero-order valence-corrected chi connectivity index (χ0v) is 16.9. The second-order valence-corrected chi connectivity index (χ2v) is 7.65. The summed E-state index contributed by atoms with van der Waals surface area (Å²) in [6.07, 6.45) is 0. The van der Waals surface area contributed by atoms with Crippen LogP contribution in [0.1, 0.15) is 16.1 Å². The molecule has 0 unspecified atom stereocenters. The van der Waals surface area contributed by atoms with Gasteiger partial charge in [-0.3, -0.25) is 10.1 Å². The lowest BCUT2D eigenvalue weighted by atomic mass is 10.1. The molecule has 0 saturated heterocycles.